The van der Waals surface area contributed by atoms with Crippen LogP contribution < -0.4 is 5.32 Å². The minimum atomic E-state index is 0.227. The molecule has 0 saturated carbocycles. The van der Waals surface area contributed by atoms with E-state index in [0.29, 0.717) is 6.04 Å². The normalized spacial score (nSPS) is 28.0. The first-order chi connectivity index (χ1) is 9.40. The molecule has 1 aromatic heterocycles. The topological polar surface area (TPSA) is 33.1 Å². The van der Waals surface area contributed by atoms with Crippen LogP contribution >= 0.6 is 15.9 Å². The Bertz CT molecular complexity index is 471. The van der Waals surface area contributed by atoms with Gasteiger partial charge in [-0.15, -0.1) is 0 Å². The molecule has 1 N–H and O–H groups in total. The fourth-order valence-electron chi connectivity index (χ4n) is 2.84. The number of hydrogen-bond donors (Lipinski definition) is 1. The first-order valence-corrected chi connectivity index (χ1v) is 8.40. The summed E-state index contributed by atoms with van der Waals surface area (Å²) in [6.07, 6.45) is 1.16. The monoisotopic (exact) mass is 342 g/mol. The van der Waals surface area contributed by atoms with Crippen LogP contribution in [-0.2, 0) is 13.1 Å². The quantitative estimate of drug-likeness (QED) is 0.913. The number of halogens is 1. The van der Waals surface area contributed by atoms with Crippen LogP contribution in [0.25, 0.3) is 0 Å². The van der Waals surface area contributed by atoms with Crippen LogP contribution in [0.1, 0.15) is 45.5 Å². The van der Waals surface area contributed by atoms with Crippen LogP contribution in [0.3, 0.4) is 0 Å². The van der Waals surface area contributed by atoms with Crippen LogP contribution in [0.5, 0.6) is 0 Å². The van der Waals surface area contributed by atoms with Crippen molar-refractivity contribution in [3.05, 3.63) is 15.9 Å². The summed E-state index contributed by atoms with van der Waals surface area (Å²) in [6.45, 7) is 15.1. The van der Waals surface area contributed by atoms with Gasteiger partial charge in [0, 0.05) is 37.8 Å². The number of aryl methyl sites for hydroxylation is 2. The number of nitrogens with one attached hydrogen (secondary N) is 1. The molecule has 1 aliphatic rings. The third-order valence-corrected chi connectivity index (χ3v) is 5.62. The molecule has 0 aromatic carbocycles. The molecule has 0 bridgehead atoms. The Morgan fingerprint density at radius 2 is 2.15 bits per heavy atom. The van der Waals surface area contributed by atoms with E-state index in [1.165, 1.54) is 10.2 Å². The Morgan fingerprint density at radius 3 is 2.75 bits per heavy atom. The SMILES string of the molecule is CCn1nc(C)c(Br)c1CN1CC(C)(CC)NCC1C. The zero-order chi connectivity index (χ0) is 14.9. The molecular weight excluding hydrogens is 316 g/mol. The molecule has 0 radical (unpaired) electrons. The first-order valence-electron chi connectivity index (χ1n) is 7.61. The molecule has 2 rings (SSSR count). The molecule has 2 atom stereocenters. The van der Waals surface area contributed by atoms with Gasteiger partial charge in [0.1, 0.15) is 0 Å². The lowest BCUT2D eigenvalue weighted by molar-refractivity contribution is 0.0839. The Hall–Kier alpha value is -0.390. The summed E-state index contributed by atoms with van der Waals surface area (Å²) in [5.74, 6) is 0. The van der Waals surface area contributed by atoms with Crippen molar-refractivity contribution in [2.45, 2.75) is 65.7 Å². The molecule has 5 heteroatoms. The molecule has 2 heterocycles. The van der Waals surface area contributed by atoms with Crippen LogP contribution in [0, 0.1) is 6.92 Å². The third-order valence-electron chi connectivity index (χ3n) is 4.59. The zero-order valence-electron chi connectivity index (χ0n) is 13.3. The van der Waals surface area contributed by atoms with Gasteiger partial charge in [0.25, 0.3) is 0 Å². The molecule has 1 aliphatic heterocycles. The second-order valence-electron chi connectivity index (χ2n) is 6.21. The van der Waals surface area contributed by atoms with Gasteiger partial charge in [-0.3, -0.25) is 9.58 Å². The van der Waals surface area contributed by atoms with Crippen molar-refractivity contribution < 1.29 is 0 Å². The zero-order valence-corrected chi connectivity index (χ0v) is 14.9. The van der Waals surface area contributed by atoms with E-state index in [0.717, 1.165) is 38.3 Å². The van der Waals surface area contributed by atoms with E-state index in [1.807, 2.05) is 0 Å². The van der Waals surface area contributed by atoms with Crippen molar-refractivity contribution in [1.82, 2.24) is 20.0 Å². The molecule has 20 heavy (non-hydrogen) atoms. The fraction of sp³-hybridized carbons (Fsp3) is 0.800. The van der Waals surface area contributed by atoms with Crippen LogP contribution in [0.2, 0.25) is 0 Å². The summed E-state index contributed by atoms with van der Waals surface area (Å²) < 4.78 is 3.29. The van der Waals surface area contributed by atoms with Gasteiger partial charge in [0.05, 0.1) is 15.9 Å². The molecule has 4 nitrogen and oxygen atoms in total. The average molecular weight is 343 g/mol. The van der Waals surface area contributed by atoms with E-state index in [-0.39, 0.29) is 5.54 Å². The summed E-state index contributed by atoms with van der Waals surface area (Å²) >= 11 is 3.71. The summed E-state index contributed by atoms with van der Waals surface area (Å²) in [6, 6.07) is 0.557. The molecule has 1 aromatic rings. The number of aromatic nitrogens is 2. The molecule has 1 saturated heterocycles. The average Bonchev–Trinajstić information content (AvgIpc) is 2.71. The van der Waals surface area contributed by atoms with Gasteiger partial charge in [-0.05, 0) is 50.0 Å². The largest absolute Gasteiger partial charge is 0.309 e. The maximum absolute atomic E-state index is 4.60. The molecule has 0 aliphatic carbocycles. The van der Waals surface area contributed by atoms with Gasteiger partial charge in [-0.25, -0.2) is 0 Å². The Balaban J connectivity index is 2.20. The Labute approximate surface area is 131 Å². The number of nitrogens with zero attached hydrogens (tertiary/aromatic N) is 3. The van der Waals surface area contributed by atoms with Crippen molar-refractivity contribution in [2.75, 3.05) is 13.1 Å². The van der Waals surface area contributed by atoms with Gasteiger partial charge in [-0.2, -0.15) is 5.10 Å². The predicted octanol–water partition coefficient (Wildman–Crippen LogP) is 2.94. The van der Waals surface area contributed by atoms with Crippen molar-refractivity contribution >= 4 is 15.9 Å². The van der Waals surface area contributed by atoms with Crippen LogP contribution in [-0.4, -0.2) is 39.4 Å². The summed E-state index contributed by atoms with van der Waals surface area (Å²) in [5, 5.41) is 8.29. The van der Waals surface area contributed by atoms with Gasteiger partial charge in [0.15, 0.2) is 0 Å². The van der Waals surface area contributed by atoms with Crippen LogP contribution in [0.15, 0.2) is 4.47 Å². The second kappa shape index (κ2) is 6.16. The Kier molecular flexibility index (Phi) is 4.92. The van der Waals surface area contributed by atoms with Crippen molar-refractivity contribution in [1.29, 1.82) is 0 Å². The van der Waals surface area contributed by atoms with E-state index in [1.54, 1.807) is 0 Å². The second-order valence-corrected chi connectivity index (χ2v) is 7.00. The van der Waals surface area contributed by atoms with E-state index < -0.39 is 0 Å². The van der Waals surface area contributed by atoms with E-state index in [2.05, 4.69) is 70.5 Å². The van der Waals surface area contributed by atoms with Crippen LogP contribution in [0.4, 0.5) is 0 Å². The maximum Gasteiger partial charge on any atom is 0.0739 e. The number of hydrogen-bond acceptors (Lipinski definition) is 3. The summed E-state index contributed by atoms with van der Waals surface area (Å²) in [7, 11) is 0. The fourth-order valence-corrected chi connectivity index (χ4v) is 3.25. The maximum atomic E-state index is 4.60. The molecule has 1 fully saturated rings. The lowest BCUT2D eigenvalue weighted by Crippen LogP contribution is -2.61. The smallest absolute Gasteiger partial charge is 0.0739 e. The van der Waals surface area contributed by atoms with E-state index >= 15 is 0 Å². The van der Waals surface area contributed by atoms with Gasteiger partial charge < -0.3 is 5.32 Å². The highest BCUT2D eigenvalue weighted by molar-refractivity contribution is 9.10. The van der Waals surface area contributed by atoms with Crippen molar-refractivity contribution in [3.8, 4) is 0 Å². The molecule has 114 valence electrons. The van der Waals surface area contributed by atoms with Gasteiger partial charge in [-0.1, -0.05) is 6.92 Å². The van der Waals surface area contributed by atoms with E-state index in [4.69, 9.17) is 0 Å². The summed E-state index contributed by atoms with van der Waals surface area (Å²) in [4.78, 5) is 2.58. The highest BCUT2D eigenvalue weighted by Crippen LogP contribution is 2.26. The first kappa shape index (κ1) is 16.0. The van der Waals surface area contributed by atoms with Gasteiger partial charge >= 0.3 is 0 Å². The standard InChI is InChI=1S/C15H27BrN4/c1-6-15(5)10-19(11(3)8-17-15)9-13-14(16)12(4)18-20(13)7-2/h11,17H,6-10H2,1-5H3. The minimum Gasteiger partial charge on any atom is -0.309 e. The lowest BCUT2D eigenvalue weighted by Gasteiger charge is -2.45. The Morgan fingerprint density at radius 1 is 1.45 bits per heavy atom. The molecule has 0 amide bonds. The van der Waals surface area contributed by atoms with E-state index in [9.17, 15) is 0 Å². The number of piperazine rings is 1. The van der Waals surface area contributed by atoms with Gasteiger partial charge in [0.2, 0.25) is 0 Å². The molecular formula is C15H27BrN4. The minimum absolute atomic E-state index is 0.227. The van der Waals surface area contributed by atoms with Crippen molar-refractivity contribution in [3.63, 3.8) is 0 Å². The highest BCUT2D eigenvalue weighted by atomic mass is 79.9. The molecule has 2 unspecified atom stereocenters. The lowest BCUT2D eigenvalue weighted by atomic mass is 9.93. The third kappa shape index (κ3) is 3.10. The predicted molar refractivity (Wildman–Crippen MR) is 86.9 cm³/mol. The number of rotatable bonds is 4. The molecule has 0 spiro atoms. The van der Waals surface area contributed by atoms with Crippen molar-refractivity contribution in [2.24, 2.45) is 0 Å². The summed E-state index contributed by atoms with van der Waals surface area (Å²) in [5.41, 5.74) is 2.62. The highest BCUT2D eigenvalue weighted by Gasteiger charge is 2.33.